The molecule has 1 heterocycles. The highest BCUT2D eigenvalue weighted by Crippen LogP contribution is 2.23. The summed E-state index contributed by atoms with van der Waals surface area (Å²) in [6, 6.07) is 16.3. The van der Waals surface area contributed by atoms with E-state index in [4.69, 9.17) is 4.74 Å². The van der Waals surface area contributed by atoms with Gasteiger partial charge in [-0.25, -0.2) is 0 Å². The number of hydrogen-bond acceptors (Lipinski definition) is 5. The lowest BCUT2D eigenvalue weighted by atomic mass is 10.2. The minimum Gasteiger partial charge on any atom is -0.494 e. The summed E-state index contributed by atoms with van der Waals surface area (Å²) in [5, 5.41) is 13.8. The highest BCUT2D eigenvalue weighted by molar-refractivity contribution is 9.10. The monoisotopic (exact) mass is 472 g/mol. The Morgan fingerprint density at radius 3 is 2.55 bits per heavy atom. The summed E-state index contributed by atoms with van der Waals surface area (Å²) in [5.74, 6) is 2.46. The average molecular weight is 473 g/mol. The highest BCUT2D eigenvalue weighted by atomic mass is 79.9. The fourth-order valence-corrected chi connectivity index (χ4v) is 3.76. The molecule has 0 saturated heterocycles. The summed E-state index contributed by atoms with van der Waals surface area (Å²) >= 11 is 5.08. The van der Waals surface area contributed by atoms with Crippen molar-refractivity contribution >= 4 is 33.9 Å². The van der Waals surface area contributed by atoms with Crippen LogP contribution < -0.4 is 4.74 Å². The van der Waals surface area contributed by atoms with Crippen LogP contribution in [0.25, 0.3) is 0 Å². The molecule has 0 atom stereocenters. The van der Waals surface area contributed by atoms with E-state index in [1.54, 1.807) is 16.4 Å². The number of rotatable bonds is 10. The van der Waals surface area contributed by atoms with Crippen molar-refractivity contribution in [1.29, 1.82) is 0 Å². The predicted molar refractivity (Wildman–Crippen MR) is 123 cm³/mol. The van der Waals surface area contributed by atoms with Gasteiger partial charge in [-0.15, -0.1) is 10.2 Å². The first-order chi connectivity index (χ1) is 14.2. The lowest BCUT2D eigenvalue weighted by Crippen LogP contribution is -1.98. The van der Waals surface area contributed by atoms with E-state index in [-0.39, 0.29) is 0 Å². The third-order valence-electron chi connectivity index (χ3n) is 4.27. The van der Waals surface area contributed by atoms with Crippen LogP contribution >= 0.6 is 27.7 Å². The SMILES string of the molecule is CCCCCOc1ccc(/C=N\n2c(C)nnc2SCc2ccc(Br)cc2)cc1. The first-order valence-corrected chi connectivity index (χ1v) is 11.5. The van der Waals surface area contributed by atoms with Crippen molar-refractivity contribution in [1.82, 2.24) is 14.9 Å². The van der Waals surface area contributed by atoms with Gasteiger partial charge in [-0.1, -0.05) is 59.6 Å². The maximum absolute atomic E-state index is 5.76. The summed E-state index contributed by atoms with van der Waals surface area (Å²) in [4.78, 5) is 0. The molecule has 0 N–H and O–H groups in total. The smallest absolute Gasteiger partial charge is 0.212 e. The van der Waals surface area contributed by atoms with Crippen molar-refractivity contribution in [3.8, 4) is 5.75 Å². The molecule has 3 aromatic rings. The Bertz CT molecular complexity index is 923. The number of thioether (sulfide) groups is 1. The zero-order valence-corrected chi connectivity index (χ0v) is 19.1. The Morgan fingerprint density at radius 1 is 1.07 bits per heavy atom. The number of aryl methyl sites for hydroxylation is 1. The standard InChI is InChI=1S/C22H25BrN4OS/c1-3-4-5-14-28-21-12-8-18(9-13-21)15-24-27-17(2)25-26-22(27)29-16-19-6-10-20(23)11-7-19/h6-13,15H,3-5,14,16H2,1-2H3/b24-15-. The van der Waals surface area contributed by atoms with E-state index >= 15 is 0 Å². The lowest BCUT2D eigenvalue weighted by molar-refractivity contribution is 0.306. The minimum atomic E-state index is 0.760. The molecular formula is C22H25BrN4OS. The molecule has 0 radical (unpaired) electrons. The summed E-state index contributed by atoms with van der Waals surface area (Å²) in [7, 11) is 0. The van der Waals surface area contributed by atoms with E-state index in [0.29, 0.717) is 0 Å². The first kappa shape index (κ1) is 21.6. The number of halogens is 1. The molecule has 0 aliphatic rings. The van der Waals surface area contributed by atoms with Gasteiger partial charge in [-0.05, 0) is 60.9 Å². The molecule has 0 spiro atoms. The zero-order chi connectivity index (χ0) is 20.5. The Hall–Kier alpha value is -2.12. The number of aromatic nitrogens is 3. The molecule has 0 fully saturated rings. The van der Waals surface area contributed by atoms with Crippen molar-refractivity contribution in [2.24, 2.45) is 5.10 Å². The van der Waals surface area contributed by atoms with Crippen LogP contribution in [0.4, 0.5) is 0 Å². The number of benzene rings is 2. The summed E-state index contributed by atoms with van der Waals surface area (Å²) in [5.41, 5.74) is 2.23. The molecule has 0 bridgehead atoms. The van der Waals surface area contributed by atoms with Crippen LogP contribution in [-0.4, -0.2) is 27.7 Å². The van der Waals surface area contributed by atoms with Crippen LogP contribution in [0.15, 0.2) is 63.3 Å². The molecule has 0 saturated carbocycles. The lowest BCUT2D eigenvalue weighted by Gasteiger charge is -2.06. The van der Waals surface area contributed by atoms with Crippen LogP contribution in [0.3, 0.4) is 0 Å². The first-order valence-electron chi connectivity index (χ1n) is 9.72. The molecule has 0 aliphatic heterocycles. The average Bonchev–Trinajstić information content (AvgIpc) is 3.09. The number of hydrogen-bond donors (Lipinski definition) is 0. The fourth-order valence-electron chi connectivity index (χ4n) is 2.61. The Labute approximate surface area is 184 Å². The Morgan fingerprint density at radius 2 is 1.83 bits per heavy atom. The van der Waals surface area contributed by atoms with E-state index in [0.717, 1.165) is 45.5 Å². The van der Waals surface area contributed by atoms with Crippen LogP contribution in [0.5, 0.6) is 5.75 Å². The number of ether oxygens (including phenoxy) is 1. The molecule has 1 aromatic heterocycles. The second-order valence-corrected chi connectivity index (χ2v) is 8.48. The van der Waals surface area contributed by atoms with Gasteiger partial charge in [0.1, 0.15) is 5.75 Å². The van der Waals surface area contributed by atoms with Crippen molar-refractivity contribution in [2.75, 3.05) is 6.61 Å². The minimum absolute atomic E-state index is 0.760. The molecule has 29 heavy (non-hydrogen) atoms. The second-order valence-electron chi connectivity index (χ2n) is 6.63. The molecule has 2 aromatic carbocycles. The van der Waals surface area contributed by atoms with Crippen LogP contribution in [0.2, 0.25) is 0 Å². The molecule has 7 heteroatoms. The molecule has 0 amide bonds. The molecular weight excluding hydrogens is 448 g/mol. The van der Waals surface area contributed by atoms with E-state index in [1.165, 1.54) is 18.4 Å². The molecule has 0 aliphatic carbocycles. The van der Waals surface area contributed by atoms with Crippen molar-refractivity contribution in [2.45, 2.75) is 44.0 Å². The number of unbranched alkanes of at least 4 members (excludes halogenated alkanes) is 2. The molecule has 152 valence electrons. The zero-order valence-electron chi connectivity index (χ0n) is 16.7. The van der Waals surface area contributed by atoms with Gasteiger partial charge in [-0.2, -0.15) is 9.78 Å². The largest absolute Gasteiger partial charge is 0.494 e. The van der Waals surface area contributed by atoms with Gasteiger partial charge < -0.3 is 4.74 Å². The predicted octanol–water partition coefficient (Wildman–Crippen LogP) is 6.09. The van der Waals surface area contributed by atoms with E-state index in [2.05, 4.69) is 50.3 Å². The van der Waals surface area contributed by atoms with Crippen molar-refractivity contribution in [3.63, 3.8) is 0 Å². The maximum atomic E-state index is 5.76. The topological polar surface area (TPSA) is 52.3 Å². The van der Waals surface area contributed by atoms with Gasteiger partial charge in [0, 0.05) is 10.2 Å². The molecule has 0 unspecified atom stereocenters. The van der Waals surface area contributed by atoms with Crippen LogP contribution in [0.1, 0.15) is 43.1 Å². The van der Waals surface area contributed by atoms with E-state index in [1.807, 2.05) is 49.5 Å². The van der Waals surface area contributed by atoms with Gasteiger partial charge >= 0.3 is 0 Å². The third kappa shape index (κ3) is 6.72. The highest BCUT2D eigenvalue weighted by Gasteiger charge is 2.09. The van der Waals surface area contributed by atoms with Crippen molar-refractivity contribution < 1.29 is 4.74 Å². The molecule has 3 rings (SSSR count). The Kier molecular flexibility index (Phi) is 8.31. The molecule has 5 nitrogen and oxygen atoms in total. The van der Waals surface area contributed by atoms with E-state index in [9.17, 15) is 0 Å². The summed E-state index contributed by atoms with van der Waals surface area (Å²) < 4.78 is 8.61. The van der Waals surface area contributed by atoms with Crippen molar-refractivity contribution in [3.05, 3.63) is 70.0 Å². The van der Waals surface area contributed by atoms with Crippen LogP contribution in [-0.2, 0) is 5.75 Å². The maximum Gasteiger partial charge on any atom is 0.212 e. The quantitative estimate of drug-likeness (QED) is 0.203. The normalized spacial score (nSPS) is 11.3. The second kappa shape index (κ2) is 11.2. The van der Waals surface area contributed by atoms with Gasteiger partial charge in [0.2, 0.25) is 5.16 Å². The third-order valence-corrected chi connectivity index (χ3v) is 5.79. The Balaban J connectivity index is 1.60. The van der Waals surface area contributed by atoms with Gasteiger partial charge in [-0.3, -0.25) is 0 Å². The fraction of sp³-hybridized carbons (Fsp3) is 0.318. The summed E-state index contributed by atoms with van der Waals surface area (Å²) in [6.07, 6.45) is 5.31. The number of nitrogens with zero attached hydrogens (tertiary/aromatic N) is 4. The van der Waals surface area contributed by atoms with Crippen LogP contribution in [0, 0.1) is 6.92 Å². The van der Waals surface area contributed by atoms with Gasteiger partial charge in [0.25, 0.3) is 0 Å². The van der Waals surface area contributed by atoms with Gasteiger partial charge in [0.05, 0.1) is 12.8 Å². The summed E-state index contributed by atoms with van der Waals surface area (Å²) in [6.45, 7) is 4.86. The van der Waals surface area contributed by atoms with Gasteiger partial charge in [0.15, 0.2) is 5.82 Å². The van der Waals surface area contributed by atoms with E-state index < -0.39 is 0 Å².